The van der Waals surface area contributed by atoms with E-state index in [2.05, 4.69) is 5.10 Å². The topological polar surface area (TPSA) is 46.9 Å². The third-order valence-corrected chi connectivity index (χ3v) is 4.11. The average Bonchev–Trinajstić information content (AvgIpc) is 2.83. The Labute approximate surface area is 155 Å². The first-order chi connectivity index (χ1) is 12.7. The minimum Gasteiger partial charge on any atom is -0.317 e. The second kappa shape index (κ2) is 7.10. The zero-order valence-electron chi connectivity index (χ0n) is 15.0. The zero-order chi connectivity index (χ0) is 21.5. The number of amides is 1. The molecule has 1 N–H and O–H groups in total. The zero-order valence-corrected chi connectivity index (χ0v) is 15.0. The molecular formula is C17H16F7N3O. The lowest BCUT2D eigenvalue weighted by Crippen LogP contribution is -2.57. The van der Waals surface area contributed by atoms with E-state index in [0.717, 1.165) is 11.1 Å². The molecule has 0 bridgehead atoms. The number of aromatic nitrogens is 2. The van der Waals surface area contributed by atoms with Gasteiger partial charge in [-0.25, -0.2) is 0 Å². The van der Waals surface area contributed by atoms with Gasteiger partial charge in [0.15, 0.2) is 0 Å². The van der Waals surface area contributed by atoms with Crippen LogP contribution in [0.25, 0.3) is 0 Å². The summed E-state index contributed by atoms with van der Waals surface area (Å²) in [6, 6.07) is 7.21. The number of rotatable bonds is 5. The standard InChI is InChI=1S/C17H16F7N3O/c1-9-4-6-12(7-5-9)8-27-11(3)13(10(2)26-27)25-14(28)15(18,19)16(20,21)17(22,23)24/h4-7H,8H2,1-3H3,(H,25,28). The van der Waals surface area contributed by atoms with E-state index in [1.807, 2.05) is 19.1 Å². The molecule has 154 valence electrons. The quantitative estimate of drug-likeness (QED) is 0.730. The van der Waals surface area contributed by atoms with E-state index in [4.69, 9.17) is 0 Å². The lowest BCUT2D eigenvalue weighted by Gasteiger charge is -2.27. The summed E-state index contributed by atoms with van der Waals surface area (Å²) in [5, 5.41) is 5.48. The molecule has 1 aromatic heterocycles. The van der Waals surface area contributed by atoms with Gasteiger partial charge in [0.2, 0.25) is 0 Å². The smallest absolute Gasteiger partial charge is 0.317 e. The monoisotopic (exact) mass is 411 g/mol. The van der Waals surface area contributed by atoms with Crippen LogP contribution in [0.4, 0.5) is 36.4 Å². The molecule has 0 fully saturated rings. The Morgan fingerprint density at radius 2 is 1.54 bits per heavy atom. The summed E-state index contributed by atoms with van der Waals surface area (Å²) in [5.41, 5.74) is 1.54. The van der Waals surface area contributed by atoms with Crippen molar-refractivity contribution >= 4 is 11.6 Å². The molecule has 0 saturated carbocycles. The van der Waals surface area contributed by atoms with Crippen LogP contribution in [-0.2, 0) is 11.3 Å². The van der Waals surface area contributed by atoms with Crippen molar-refractivity contribution in [1.29, 1.82) is 0 Å². The van der Waals surface area contributed by atoms with Gasteiger partial charge < -0.3 is 5.32 Å². The Bertz CT molecular complexity index is 870. The number of carbonyl (C=O) groups excluding carboxylic acids is 1. The number of aryl methyl sites for hydroxylation is 2. The number of carbonyl (C=O) groups is 1. The number of nitrogens with zero attached hydrogens (tertiary/aromatic N) is 2. The Hall–Kier alpha value is -2.59. The van der Waals surface area contributed by atoms with Crippen molar-refractivity contribution in [3.63, 3.8) is 0 Å². The summed E-state index contributed by atoms with van der Waals surface area (Å²) in [4.78, 5) is 11.6. The number of benzene rings is 1. The molecule has 0 atom stereocenters. The van der Waals surface area contributed by atoms with Gasteiger partial charge in [0.25, 0.3) is 0 Å². The van der Waals surface area contributed by atoms with Crippen molar-refractivity contribution in [2.24, 2.45) is 0 Å². The highest BCUT2D eigenvalue weighted by Crippen LogP contribution is 2.47. The first kappa shape index (κ1) is 21.7. The van der Waals surface area contributed by atoms with Crippen molar-refractivity contribution in [3.05, 3.63) is 46.8 Å². The highest BCUT2D eigenvalue weighted by Gasteiger charge is 2.76. The Morgan fingerprint density at radius 1 is 1.00 bits per heavy atom. The molecule has 1 heterocycles. The van der Waals surface area contributed by atoms with Gasteiger partial charge in [0.05, 0.1) is 23.6 Å². The van der Waals surface area contributed by atoms with Gasteiger partial charge >= 0.3 is 23.9 Å². The molecule has 1 amide bonds. The van der Waals surface area contributed by atoms with E-state index in [9.17, 15) is 35.5 Å². The van der Waals surface area contributed by atoms with Crippen LogP contribution in [0.5, 0.6) is 0 Å². The summed E-state index contributed by atoms with van der Waals surface area (Å²) in [6.45, 7) is 4.72. The van der Waals surface area contributed by atoms with Crippen LogP contribution >= 0.6 is 0 Å². The molecule has 2 aromatic rings. The van der Waals surface area contributed by atoms with Gasteiger partial charge in [0.1, 0.15) is 0 Å². The minimum atomic E-state index is -6.59. The van der Waals surface area contributed by atoms with Crippen LogP contribution in [0.15, 0.2) is 24.3 Å². The SMILES string of the molecule is Cc1ccc(Cn2nc(C)c(NC(=O)C(F)(F)C(F)(F)C(F)(F)F)c2C)cc1. The fraction of sp³-hybridized carbons (Fsp3) is 0.412. The van der Waals surface area contributed by atoms with Gasteiger partial charge in [-0.05, 0) is 26.3 Å². The van der Waals surface area contributed by atoms with E-state index < -0.39 is 23.9 Å². The summed E-state index contributed by atoms with van der Waals surface area (Å²) in [5.74, 6) is -15.3. The van der Waals surface area contributed by atoms with Gasteiger partial charge in [-0.15, -0.1) is 0 Å². The minimum absolute atomic E-state index is 0.0101. The van der Waals surface area contributed by atoms with Crippen LogP contribution in [0.1, 0.15) is 22.5 Å². The van der Waals surface area contributed by atoms with Crippen LogP contribution in [0.3, 0.4) is 0 Å². The van der Waals surface area contributed by atoms with Gasteiger partial charge in [-0.3, -0.25) is 9.48 Å². The van der Waals surface area contributed by atoms with Crippen molar-refractivity contribution in [3.8, 4) is 0 Å². The number of alkyl halides is 7. The second-order valence-corrected chi connectivity index (χ2v) is 6.29. The van der Waals surface area contributed by atoms with Crippen molar-refractivity contribution in [2.75, 3.05) is 5.32 Å². The fourth-order valence-corrected chi connectivity index (χ4v) is 2.41. The van der Waals surface area contributed by atoms with E-state index in [1.165, 1.54) is 23.8 Å². The van der Waals surface area contributed by atoms with Crippen molar-refractivity contribution in [1.82, 2.24) is 9.78 Å². The molecular weight excluding hydrogens is 395 g/mol. The Morgan fingerprint density at radius 3 is 2.04 bits per heavy atom. The van der Waals surface area contributed by atoms with Gasteiger partial charge in [-0.1, -0.05) is 29.8 Å². The molecule has 0 aliphatic carbocycles. The predicted molar refractivity (Wildman–Crippen MR) is 86.6 cm³/mol. The maximum atomic E-state index is 13.5. The van der Waals surface area contributed by atoms with E-state index in [-0.39, 0.29) is 23.6 Å². The molecule has 0 saturated heterocycles. The van der Waals surface area contributed by atoms with Gasteiger partial charge in [-0.2, -0.15) is 35.8 Å². The summed E-state index contributed by atoms with van der Waals surface area (Å²) < 4.78 is 91.1. The third-order valence-electron chi connectivity index (χ3n) is 4.11. The Kier molecular flexibility index (Phi) is 5.50. The largest absolute Gasteiger partial charge is 0.460 e. The third kappa shape index (κ3) is 3.83. The first-order valence-electron chi connectivity index (χ1n) is 7.92. The fourth-order valence-electron chi connectivity index (χ4n) is 2.41. The predicted octanol–water partition coefficient (Wildman–Crippen LogP) is 4.63. The Balaban J connectivity index is 2.28. The molecule has 11 heteroatoms. The van der Waals surface area contributed by atoms with Crippen LogP contribution in [0.2, 0.25) is 0 Å². The highest BCUT2D eigenvalue weighted by atomic mass is 19.4. The van der Waals surface area contributed by atoms with Crippen molar-refractivity contribution < 1.29 is 35.5 Å². The molecule has 28 heavy (non-hydrogen) atoms. The molecule has 2 rings (SSSR count). The maximum absolute atomic E-state index is 13.5. The van der Waals surface area contributed by atoms with E-state index in [0.29, 0.717) is 0 Å². The van der Waals surface area contributed by atoms with E-state index in [1.54, 1.807) is 12.1 Å². The molecule has 0 aliphatic rings. The highest BCUT2D eigenvalue weighted by molar-refractivity contribution is 5.97. The summed E-state index contributed by atoms with van der Waals surface area (Å²) in [7, 11) is 0. The average molecular weight is 411 g/mol. The van der Waals surface area contributed by atoms with Gasteiger partial charge in [0, 0.05) is 0 Å². The molecule has 1 aromatic carbocycles. The number of nitrogens with one attached hydrogen (secondary N) is 1. The molecule has 0 unspecified atom stereocenters. The first-order valence-corrected chi connectivity index (χ1v) is 7.92. The lowest BCUT2D eigenvalue weighted by molar-refractivity contribution is -0.343. The van der Waals surface area contributed by atoms with Crippen LogP contribution < -0.4 is 5.32 Å². The van der Waals surface area contributed by atoms with Crippen LogP contribution in [0, 0.1) is 20.8 Å². The maximum Gasteiger partial charge on any atom is 0.460 e. The second-order valence-electron chi connectivity index (χ2n) is 6.29. The number of hydrogen-bond donors (Lipinski definition) is 1. The molecule has 0 aliphatic heterocycles. The summed E-state index contributed by atoms with van der Waals surface area (Å²) >= 11 is 0. The summed E-state index contributed by atoms with van der Waals surface area (Å²) in [6.07, 6.45) is -6.59. The molecule has 0 radical (unpaired) electrons. The molecule has 4 nitrogen and oxygen atoms in total. The number of anilines is 1. The van der Waals surface area contributed by atoms with Crippen molar-refractivity contribution in [2.45, 2.75) is 45.3 Å². The normalized spacial score (nSPS) is 12.9. The number of hydrogen-bond acceptors (Lipinski definition) is 2. The number of halogens is 7. The molecule has 0 spiro atoms. The van der Waals surface area contributed by atoms with E-state index >= 15 is 0 Å². The lowest BCUT2D eigenvalue weighted by atomic mass is 10.1. The van der Waals surface area contributed by atoms with Crippen LogP contribution in [-0.4, -0.2) is 33.7 Å².